The van der Waals surface area contributed by atoms with Crippen molar-refractivity contribution in [1.82, 2.24) is 0 Å². The molecular weight excluding hydrogens is 274 g/mol. The Hall–Kier alpha value is -2.58. The molecule has 2 rings (SSSR count). The molecule has 0 aliphatic heterocycles. The van der Waals surface area contributed by atoms with Gasteiger partial charge in [-0.05, 0) is 34.6 Å². The van der Waals surface area contributed by atoms with Gasteiger partial charge in [0.1, 0.15) is 0 Å². The van der Waals surface area contributed by atoms with Crippen LogP contribution in [0, 0.1) is 5.41 Å². The van der Waals surface area contributed by atoms with Crippen LogP contribution < -0.4 is 0 Å². The zero-order chi connectivity index (χ0) is 16.0. The Kier molecular flexibility index (Phi) is 4.97. The lowest BCUT2D eigenvalue weighted by Gasteiger charge is -2.27. The van der Waals surface area contributed by atoms with Crippen LogP contribution in [0.15, 0.2) is 59.3 Å². The van der Waals surface area contributed by atoms with Crippen molar-refractivity contribution in [2.24, 2.45) is 10.5 Å². The zero-order valence-corrected chi connectivity index (χ0v) is 12.9. The van der Waals surface area contributed by atoms with Crippen molar-refractivity contribution < 1.29 is 4.79 Å². The number of carbonyl (C=O) groups is 1. The first-order valence-electron chi connectivity index (χ1n) is 7.22. The monoisotopic (exact) mass is 293 g/mol. The van der Waals surface area contributed by atoms with E-state index in [0.717, 1.165) is 17.6 Å². The molecule has 1 aliphatic carbocycles. The van der Waals surface area contributed by atoms with Gasteiger partial charge >= 0.3 is 0 Å². The van der Waals surface area contributed by atoms with Crippen LogP contribution in [0.3, 0.4) is 0 Å². The van der Waals surface area contributed by atoms with Crippen LogP contribution in [0.1, 0.15) is 32.3 Å². The number of allylic oxidation sites excluding steroid dienone is 5. The van der Waals surface area contributed by atoms with Crippen molar-refractivity contribution in [3.05, 3.63) is 70.1 Å². The number of azide groups is 1. The van der Waals surface area contributed by atoms with E-state index in [1.807, 2.05) is 36.4 Å². The fourth-order valence-corrected chi connectivity index (χ4v) is 2.55. The third kappa shape index (κ3) is 4.76. The highest BCUT2D eigenvalue weighted by molar-refractivity contribution is 5.92. The minimum atomic E-state index is 0.0479. The Morgan fingerprint density at radius 2 is 1.82 bits per heavy atom. The van der Waals surface area contributed by atoms with Gasteiger partial charge in [-0.3, -0.25) is 4.79 Å². The van der Waals surface area contributed by atoms with Gasteiger partial charge in [-0.1, -0.05) is 67.5 Å². The number of carbonyl (C=O) groups excluding carboxylic acids is 1. The minimum Gasteiger partial charge on any atom is -0.295 e. The predicted molar refractivity (Wildman–Crippen MR) is 89.5 cm³/mol. The van der Waals surface area contributed by atoms with Crippen LogP contribution in [0.4, 0.5) is 5.69 Å². The summed E-state index contributed by atoms with van der Waals surface area (Å²) in [4.78, 5) is 14.4. The molecule has 1 aromatic carbocycles. The van der Waals surface area contributed by atoms with Gasteiger partial charge in [-0.2, -0.15) is 0 Å². The van der Waals surface area contributed by atoms with Crippen molar-refractivity contribution >= 4 is 17.5 Å². The number of nitrogens with zero attached hydrogens (tertiary/aromatic N) is 3. The summed E-state index contributed by atoms with van der Waals surface area (Å²) < 4.78 is 0. The fourth-order valence-electron chi connectivity index (χ4n) is 2.55. The predicted octanol–water partition coefficient (Wildman–Crippen LogP) is 5.51. The van der Waals surface area contributed by atoms with E-state index >= 15 is 0 Å². The Bertz CT molecular complexity index is 688. The van der Waals surface area contributed by atoms with E-state index in [9.17, 15) is 4.79 Å². The number of hydrogen-bond acceptors (Lipinski definition) is 2. The first-order valence-corrected chi connectivity index (χ1v) is 7.22. The molecule has 0 radical (unpaired) electrons. The number of hydrogen-bond donors (Lipinski definition) is 0. The molecule has 0 saturated heterocycles. The summed E-state index contributed by atoms with van der Waals surface area (Å²) >= 11 is 0. The second-order valence-corrected chi connectivity index (χ2v) is 6.20. The van der Waals surface area contributed by atoms with Gasteiger partial charge in [0.05, 0.1) is 0 Å². The molecule has 0 fully saturated rings. The van der Waals surface area contributed by atoms with E-state index < -0.39 is 0 Å². The summed E-state index contributed by atoms with van der Waals surface area (Å²) in [5, 5.41) is 3.53. The summed E-state index contributed by atoms with van der Waals surface area (Å²) in [5.74, 6) is 0.202. The average molecular weight is 293 g/mol. The molecule has 0 bridgehead atoms. The maximum atomic E-state index is 11.7. The molecule has 4 nitrogen and oxygen atoms in total. The van der Waals surface area contributed by atoms with E-state index in [1.54, 1.807) is 18.2 Å². The highest BCUT2D eigenvalue weighted by atomic mass is 16.1. The SMILES string of the molecule is CC1(C)CC(=O)C=C(/C=C/C=C/c2ccc(N=[N+]=[N-])cc2)C1. The van der Waals surface area contributed by atoms with Crippen LogP contribution in [0.5, 0.6) is 0 Å². The smallest absolute Gasteiger partial charge is 0.156 e. The van der Waals surface area contributed by atoms with Crippen LogP contribution in [-0.4, -0.2) is 5.78 Å². The van der Waals surface area contributed by atoms with E-state index in [1.165, 1.54) is 0 Å². The van der Waals surface area contributed by atoms with Crippen LogP contribution >= 0.6 is 0 Å². The van der Waals surface area contributed by atoms with Gasteiger partial charge in [0.2, 0.25) is 0 Å². The van der Waals surface area contributed by atoms with Gasteiger partial charge < -0.3 is 0 Å². The molecule has 22 heavy (non-hydrogen) atoms. The Balaban J connectivity index is 1.99. The molecule has 0 unspecified atom stereocenters. The van der Waals surface area contributed by atoms with Gasteiger partial charge in [0.15, 0.2) is 5.78 Å². The molecule has 0 amide bonds. The average Bonchev–Trinajstić information content (AvgIpc) is 2.43. The van der Waals surface area contributed by atoms with E-state index in [4.69, 9.17) is 5.53 Å². The quantitative estimate of drug-likeness (QED) is 0.312. The fraction of sp³-hybridized carbons (Fsp3) is 0.278. The van der Waals surface area contributed by atoms with Crippen molar-refractivity contribution in [1.29, 1.82) is 0 Å². The molecule has 1 aromatic rings. The summed E-state index contributed by atoms with van der Waals surface area (Å²) in [6.07, 6.45) is 11.1. The normalized spacial score (nSPS) is 17.5. The standard InChI is InChI=1S/C18H19N3O/c1-18(2)12-15(11-17(22)13-18)6-4-3-5-14-7-9-16(10-8-14)20-21-19/h3-11H,12-13H2,1-2H3/b5-3+,6-4+. The molecule has 4 heteroatoms. The molecule has 0 heterocycles. The largest absolute Gasteiger partial charge is 0.295 e. The molecule has 1 aliphatic rings. The van der Waals surface area contributed by atoms with E-state index in [0.29, 0.717) is 12.1 Å². The van der Waals surface area contributed by atoms with Crippen molar-refractivity contribution in [3.63, 3.8) is 0 Å². The van der Waals surface area contributed by atoms with Crippen LogP contribution in [-0.2, 0) is 4.79 Å². The molecule has 112 valence electrons. The van der Waals surface area contributed by atoms with Crippen molar-refractivity contribution in [2.45, 2.75) is 26.7 Å². The Morgan fingerprint density at radius 1 is 1.14 bits per heavy atom. The van der Waals surface area contributed by atoms with Crippen molar-refractivity contribution in [2.75, 3.05) is 0 Å². The Morgan fingerprint density at radius 3 is 2.45 bits per heavy atom. The summed E-state index contributed by atoms with van der Waals surface area (Å²) in [6, 6.07) is 7.32. The van der Waals surface area contributed by atoms with Crippen LogP contribution in [0.2, 0.25) is 0 Å². The van der Waals surface area contributed by atoms with Gasteiger partial charge in [0, 0.05) is 17.0 Å². The number of ketones is 1. The first-order chi connectivity index (χ1) is 10.5. The van der Waals surface area contributed by atoms with Crippen molar-refractivity contribution in [3.8, 4) is 0 Å². The second-order valence-electron chi connectivity index (χ2n) is 6.20. The first kappa shape index (κ1) is 15.8. The van der Waals surface area contributed by atoms with E-state index in [2.05, 4.69) is 23.9 Å². The van der Waals surface area contributed by atoms with Crippen LogP contribution in [0.25, 0.3) is 16.5 Å². The lowest BCUT2D eigenvalue weighted by molar-refractivity contribution is -0.116. The lowest BCUT2D eigenvalue weighted by Crippen LogP contribution is -2.21. The van der Waals surface area contributed by atoms with Gasteiger partial charge in [-0.15, -0.1) is 0 Å². The van der Waals surface area contributed by atoms with Gasteiger partial charge in [0.25, 0.3) is 0 Å². The summed E-state index contributed by atoms with van der Waals surface area (Å²) in [7, 11) is 0. The lowest BCUT2D eigenvalue weighted by atomic mass is 9.77. The maximum Gasteiger partial charge on any atom is 0.156 e. The molecule has 0 N–H and O–H groups in total. The molecule has 0 spiro atoms. The molecule has 0 aromatic heterocycles. The maximum absolute atomic E-state index is 11.7. The third-order valence-corrected chi connectivity index (χ3v) is 3.45. The second kappa shape index (κ2) is 6.92. The highest BCUT2D eigenvalue weighted by Gasteiger charge is 2.26. The summed E-state index contributed by atoms with van der Waals surface area (Å²) in [6.45, 7) is 4.24. The third-order valence-electron chi connectivity index (χ3n) is 3.45. The minimum absolute atomic E-state index is 0.0479. The number of benzene rings is 1. The number of rotatable bonds is 4. The van der Waals surface area contributed by atoms with Gasteiger partial charge in [-0.25, -0.2) is 0 Å². The topological polar surface area (TPSA) is 65.8 Å². The Labute approximate surface area is 130 Å². The van der Waals surface area contributed by atoms with E-state index in [-0.39, 0.29) is 11.2 Å². The highest BCUT2D eigenvalue weighted by Crippen LogP contribution is 2.33. The molecule has 0 atom stereocenters. The molecule has 0 saturated carbocycles. The zero-order valence-electron chi connectivity index (χ0n) is 12.9. The summed E-state index contributed by atoms with van der Waals surface area (Å²) in [5.41, 5.74) is 11.1. The molecular formula is C18H19N3O.